The van der Waals surface area contributed by atoms with Crippen molar-refractivity contribution >= 4 is 27.5 Å². The Morgan fingerprint density at radius 3 is 2.09 bits per heavy atom. The fraction of sp³-hybridized carbons (Fsp3) is 0.579. The Bertz CT molecular complexity index is 560. The molecule has 1 rings (SSSR count). The lowest BCUT2D eigenvalue weighted by molar-refractivity contribution is -0.126. The van der Waals surface area contributed by atoms with E-state index in [1.54, 1.807) is 0 Å². The van der Waals surface area contributed by atoms with Gasteiger partial charge in [0.1, 0.15) is 5.78 Å². The number of carbonyl (C=O) groups is 2. The second-order valence-electron chi connectivity index (χ2n) is 7.89. The van der Waals surface area contributed by atoms with Crippen LogP contribution in [0.25, 0.3) is 0 Å². The van der Waals surface area contributed by atoms with E-state index in [1.165, 1.54) is 0 Å². The van der Waals surface area contributed by atoms with E-state index in [9.17, 15) is 9.59 Å². The van der Waals surface area contributed by atoms with E-state index in [2.05, 4.69) is 36.7 Å². The van der Waals surface area contributed by atoms with Gasteiger partial charge in [0.15, 0.2) is 5.78 Å². The van der Waals surface area contributed by atoms with Gasteiger partial charge in [0.25, 0.3) is 0 Å². The number of Topliss-reactive ketones (excluding diaryl/α,β-unsaturated/α-hetero) is 2. The number of halogens is 1. The Balaban J connectivity index is 2.76. The van der Waals surface area contributed by atoms with Crippen LogP contribution in [-0.2, 0) is 10.2 Å². The highest BCUT2D eigenvalue weighted by Crippen LogP contribution is 2.28. The van der Waals surface area contributed by atoms with Crippen LogP contribution in [0.15, 0.2) is 22.7 Å². The fourth-order valence-electron chi connectivity index (χ4n) is 2.12. The Kier molecular flexibility index (Phi) is 6.14. The van der Waals surface area contributed by atoms with E-state index in [0.29, 0.717) is 19.3 Å². The van der Waals surface area contributed by atoms with Gasteiger partial charge in [0.05, 0.1) is 0 Å². The van der Waals surface area contributed by atoms with Crippen LogP contribution < -0.4 is 0 Å². The van der Waals surface area contributed by atoms with Gasteiger partial charge in [-0.05, 0) is 29.5 Å². The van der Waals surface area contributed by atoms with Crippen LogP contribution in [0, 0.1) is 5.41 Å². The first-order valence-electron chi connectivity index (χ1n) is 7.79. The summed E-state index contributed by atoms with van der Waals surface area (Å²) in [5, 5.41) is 0. The molecule has 0 fully saturated rings. The molecule has 3 heteroatoms. The van der Waals surface area contributed by atoms with Gasteiger partial charge >= 0.3 is 0 Å². The van der Waals surface area contributed by atoms with Crippen LogP contribution >= 0.6 is 15.9 Å². The molecule has 0 radical (unpaired) electrons. The molecule has 0 aromatic heterocycles. The smallest absolute Gasteiger partial charge is 0.164 e. The number of rotatable bonds is 5. The monoisotopic (exact) mass is 366 g/mol. The Morgan fingerprint density at radius 1 is 1.00 bits per heavy atom. The molecule has 0 amide bonds. The topological polar surface area (TPSA) is 34.1 Å². The highest BCUT2D eigenvalue weighted by Gasteiger charge is 2.22. The summed E-state index contributed by atoms with van der Waals surface area (Å²) in [4.78, 5) is 24.3. The zero-order valence-corrected chi connectivity index (χ0v) is 16.1. The third kappa shape index (κ3) is 5.35. The van der Waals surface area contributed by atoms with Gasteiger partial charge in [-0.1, -0.05) is 63.5 Å². The average molecular weight is 367 g/mol. The molecule has 0 saturated heterocycles. The zero-order valence-electron chi connectivity index (χ0n) is 14.5. The summed E-state index contributed by atoms with van der Waals surface area (Å²) >= 11 is 3.46. The van der Waals surface area contributed by atoms with Crippen molar-refractivity contribution in [3.63, 3.8) is 0 Å². The van der Waals surface area contributed by atoms with Gasteiger partial charge in [-0.3, -0.25) is 9.59 Å². The third-order valence-corrected chi connectivity index (χ3v) is 4.47. The Morgan fingerprint density at radius 2 is 1.59 bits per heavy atom. The highest BCUT2D eigenvalue weighted by molar-refractivity contribution is 9.10. The van der Waals surface area contributed by atoms with Crippen molar-refractivity contribution in [2.45, 2.75) is 66.2 Å². The second kappa shape index (κ2) is 7.08. The van der Waals surface area contributed by atoms with Crippen LogP contribution in [0.2, 0.25) is 0 Å². The van der Waals surface area contributed by atoms with Crippen LogP contribution in [0.4, 0.5) is 0 Å². The molecule has 22 heavy (non-hydrogen) atoms. The van der Waals surface area contributed by atoms with Gasteiger partial charge in [-0.15, -0.1) is 0 Å². The molecule has 0 heterocycles. The standard InChI is InChI=1S/C19H27BrO2/c1-18(2,3)13-10-11-15(20)14(12-13)16(21)8-7-9-17(22)19(4,5)6/h10-12H,7-9H2,1-6H3. The maximum absolute atomic E-state index is 12.4. The van der Waals surface area contributed by atoms with Crippen molar-refractivity contribution in [3.8, 4) is 0 Å². The molecule has 0 aliphatic rings. The van der Waals surface area contributed by atoms with Crippen LogP contribution in [-0.4, -0.2) is 11.6 Å². The number of hydrogen-bond donors (Lipinski definition) is 0. The van der Waals surface area contributed by atoms with Crippen LogP contribution in [0.5, 0.6) is 0 Å². The van der Waals surface area contributed by atoms with E-state index in [-0.39, 0.29) is 22.4 Å². The van der Waals surface area contributed by atoms with Crippen molar-refractivity contribution in [1.29, 1.82) is 0 Å². The minimum atomic E-state index is -0.324. The molecule has 0 N–H and O–H groups in total. The molecule has 0 spiro atoms. The molecule has 0 bridgehead atoms. The van der Waals surface area contributed by atoms with Crippen molar-refractivity contribution < 1.29 is 9.59 Å². The highest BCUT2D eigenvalue weighted by atomic mass is 79.9. The summed E-state index contributed by atoms with van der Waals surface area (Å²) in [7, 11) is 0. The summed E-state index contributed by atoms with van der Waals surface area (Å²) in [6.45, 7) is 12.1. The predicted molar refractivity (Wildman–Crippen MR) is 95.5 cm³/mol. The SMILES string of the molecule is CC(C)(C)C(=O)CCCC(=O)c1cc(C(C)(C)C)ccc1Br. The lowest BCUT2D eigenvalue weighted by Gasteiger charge is -2.20. The summed E-state index contributed by atoms with van der Waals surface area (Å²) in [6, 6.07) is 5.95. The Hall–Kier alpha value is -0.960. The number of carbonyl (C=O) groups excluding carboxylic acids is 2. The first kappa shape index (κ1) is 19.1. The molecule has 122 valence electrons. The quantitative estimate of drug-likeness (QED) is 0.624. The summed E-state index contributed by atoms with van der Waals surface area (Å²) in [5.74, 6) is 0.308. The summed E-state index contributed by atoms with van der Waals surface area (Å²) < 4.78 is 0.827. The molecule has 0 saturated carbocycles. The van der Waals surface area contributed by atoms with Crippen LogP contribution in [0.1, 0.15) is 76.7 Å². The number of benzene rings is 1. The second-order valence-corrected chi connectivity index (χ2v) is 8.75. The molecule has 0 aliphatic heterocycles. The molecular formula is C19H27BrO2. The summed E-state index contributed by atoms with van der Waals surface area (Å²) in [5.41, 5.74) is 1.55. The lowest BCUT2D eigenvalue weighted by Crippen LogP contribution is -2.20. The van der Waals surface area contributed by atoms with Gasteiger partial charge in [0.2, 0.25) is 0 Å². The molecule has 0 unspecified atom stereocenters. The lowest BCUT2D eigenvalue weighted by atomic mass is 9.85. The van der Waals surface area contributed by atoms with E-state index in [4.69, 9.17) is 0 Å². The predicted octanol–water partition coefficient (Wildman–Crippen LogP) is 5.71. The van der Waals surface area contributed by atoms with Gasteiger partial charge in [-0.2, -0.15) is 0 Å². The first-order valence-corrected chi connectivity index (χ1v) is 8.59. The molecule has 0 atom stereocenters. The Labute approximate surface area is 142 Å². The fourth-order valence-corrected chi connectivity index (χ4v) is 2.59. The number of ketones is 2. The molecule has 1 aromatic carbocycles. The van der Waals surface area contributed by atoms with E-state index in [0.717, 1.165) is 15.6 Å². The third-order valence-electron chi connectivity index (χ3n) is 3.78. The van der Waals surface area contributed by atoms with Gasteiger partial charge < -0.3 is 0 Å². The summed E-state index contributed by atoms with van der Waals surface area (Å²) in [6.07, 6.45) is 1.49. The molecule has 2 nitrogen and oxygen atoms in total. The molecule has 1 aromatic rings. The van der Waals surface area contributed by atoms with E-state index < -0.39 is 0 Å². The van der Waals surface area contributed by atoms with Gasteiger partial charge in [-0.25, -0.2) is 0 Å². The van der Waals surface area contributed by atoms with E-state index in [1.807, 2.05) is 39.0 Å². The van der Waals surface area contributed by atoms with Crippen molar-refractivity contribution in [3.05, 3.63) is 33.8 Å². The largest absolute Gasteiger partial charge is 0.299 e. The van der Waals surface area contributed by atoms with Crippen LogP contribution in [0.3, 0.4) is 0 Å². The molecule has 0 aliphatic carbocycles. The number of hydrogen-bond acceptors (Lipinski definition) is 2. The first-order chi connectivity index (χ1) is 9.93. The van der Waals surface area contributed by atoms with E-state index >= 15 is 0 Å². The zero-order chi connectivity index (χ0) is 17.1. The average Bonchev–Trinajstić information content (AvgIpc) is 2.36. The minimum absolute atomic E-state index is 0.0118. The molecular weight excluding hydrogens is 340 g/mol. The van der Waals surface area contributed by atoms with Crippen molar-refractivity contribution in [1.82, 2.24) is 0 Å². The van der Waals surface area contributed by atoms with Gasteiger partial charge in [0, 0.05) is 28.3 Å². The maximum Gasteiger partial charge on any atom is 0.164 e. The van der Waals surface area contributed by atoms with Crippen molar-refractivity contribution in [2.75, 3.05) is 0 Å². The van der Waals surface area contributed by atoms with Crippen molar-refractivity contribution in [2.24, 2.45) is 5.41 Å². The minimum Gasteiger partial charge on any atom is -0.299 e. The normalized spacial score (nSPS) is 12.3. The maximum atomic E-state index is 12.4.